The van der Waals surface area contributed by atoms with Crippen LogP contribution in [0.3, 0.4) is 0 Å². The molecule has 0 aliphatic rings. The summed E-state index contributed by atoms with van der Waals surface area (Å²) in [6, 6.07) is -0.0956. The Morgan fingerprint density at radius 2 is 1.39 bits per heavy atom. The first-order valence-corrected chi connectivity index (χ1v) is 10.2. The van der Waals surface area contributed by atoms with Gasteiger partial charge in [-0.25, -0.2) is 4.79 Å². The molecule has 0 saturated carbocycles. The SMILES string of the molecule is NC(CS)C(=O)NC(Cc1ccc(O)cc1)C(=O)NC(CC(=O)O)C(=O)NC(CO)C(=O)O. The first-order chi connectivity index (χ1) is 15.5. The van der Waals surface area contributed by atoms with Crippen molar-refractivity contribution in [2.45, 2.75) is 37.0 Å². The van der Waals surface area contributed by atoms with E-state index in [2.05, 4.69) is 23.3 Å². The molecule has 0 aliphatic heterocycles. The summed E-state index contributed by atoms with van der Waals surface area (Å²) in [5.74, 6) is -5.92. The third-order valence-electron chi connectivity index (χ3n) is 4.35. The van der Waals surface area contributed by atoms with Gasteiger partial charge in [-0.1, -0.05) is 12.1 Å². The Morgan fingerprint density at radius 1 is 0.879 bits per heavy atom. The van der Waals surface area contributed by atoms with Crippen LogP contribution >= 0.6 is 12.6 Å². The van der Waals surface area contributed by atoms with E-state index in [0.29, 0.717) is 5.56 Å². The smallest absolute Gasteiger partial charge is 0.328 e. The number of carboxylic acid groups (broad SMARTS) is 2. The summed E-state index contributed by atoms with van der Waals surface area (Å²) in [5.41, 5.74) is 6.13. The van der Waals surface area contributed by atoms with E-state index in [1.54, 1.807) is 0 Å². The van der Waals surface area contributed by atoms with Crippen LogP contribution < -0.4 is 21.7 Å². The highest BCUT2D eigenvalue weighted by Crippen LogP contribution is 2.12. The summed E-state index contributed by atoms with van der Waals surface area (Å²) in [5, 5.41) is 43.0. The van der Waals surface area contributed by atoms with Crippen LogP contribution in [0.25, 0.3) is 0 Å². The first kappa shape index (κ1) is 27.7. The summed E-state index contributed by atoms with van der Waals surface area (Å²) in [7, 11) is 0. The number of aliphatic carboxylic acids is 2. The molecule has 4 unspecified atom stereocenters. The third kappa shape index (κ3) is 9.34. The lowest BCUT2D eigenvalue weighted by atomic mass is 10.0. The number of aromatic hydroxyl groups is 1. The highest BCUT2D eigenvalue weighted by atomic mass is 32.1. The van der Waals surface area contributed by atoms with E-state index in [4.69, 9.17) is 21.1 Å². The number of amides is 3. The summed E-state index contributed by atoms with van der Waals surface area (Å²) in [4.78, 5) is 59.7. The van der Waals surface area contributed by atoms with Crippen LogP contribution in [-0.2, 0) is 30.4 Å². The fourth-order valence-electron chi connectivity index (χ4n) is 2.55. The molecule has 33 heavy (non-hydrogen) atoms. The van der Waals surface area contributed by atoms with E-state index in [9.17, 15) is 29.1 Å². The van der Waals surface area contributed by atoms with E-state index >= 15 is 0 Å². The highest BCUT2D eigenvalue weighted by molar-refractivity contribution is 7.80. The minimum atomic E-state index is -1.72. The van der Waals surface area contributed by atoms with Gasteiger partial charge < -0.3 is 42.1 Å². The number of thiol groups is 1. The number of phenols is 1. The zero-order chi connectivity index (χ0) is 25.1. The quantitative estimate of drug-likeness (QED) is 0.130. The third-order valence-corrected chi connectivity index (χ3v) is 4.74. The lowest BCUT2D eigenvalue weighted by molar-refractivity contribution is -0.144. The van der Waals surface area contributed by atoms with Gasteiger partial charge in [-0.05, 0) is 17.7 Å². The van der Waals surface area contributed by atoms with Gasteiger partial charge in [-0.2, -0.15) is 12.6 Å². The molecule has 0 aromatic heterocycles. The highest BCUT2D eigenvalue weighted by Gasteiger charge is 2.31. The van der Waals surface area contributed by atoms with E-state index in [-0.39, 0.29) is 17.9 Å². The lowest BCUT2D eigenvalue weighted by Gasteiger charge is -2.24. The topological polar surface area (TPSA) is 228 Å². The van der Waals surface area contributed by atoms with Gasteiger partial charge in [0.1, 0.15) is 23.9 Å². The molecule has 0 bridgehead atoms. The maximum Gasteiger partial charge on any atom is 0.328 e. The molecule has 3 amide bonds. The number of hydrogen-bond acceptors (Lipinski definition) is 9. The molecule has 1 aromatic carbocycles. The molecule has 182 valence electrons. The Morgan fingerprint density at radius 3 is 1.88 bits per heavy atom. The van der Waals surface area contributed by atoms with Crippen LogP contribution in [0.5, 0.6) is 5.75 Å². The second-order valence-electron chi connectivity index (χ2n) is 6.96. The van der Waals surface area contributed by atoms with Crippen molar-refractivity contribution < 1.29 is 44.4 Å². The van der Waals surface area contributed by atoms with E-state index in [1.165, 1.54) is 24.3 Å². The van der Waals surface area contributed by atoms with Crippen molar-refractivity contribution in [3.63, 3.8) is 0 Å². The van der Waals surface area contributed by atoms with Crippen molar-refractivity contribution >= 4 is 42.3 Å². The van der Waals surface area contributed by atoms with Crippen molar-refractivity contribution in [1.29, 1.82) is 0 Å². The molecule has 0 aliphatic carbocycles. The predicted molar refractivity (Wildman–Crippen MR) is 116 cm³/mol. The molecule has 0 radical (unpaired) electrons. The number of phenolic OH excluding ortho intramolecular Hbond substituents is 1. The molecule has 0 heterocycles. The summed E-state index contributed by atoms with van der Waals surface area (Å²) < 4.78 is 0. The molecule has 1 aromatic rings. The molecular weight excluding hydrogens is 460 g/mol. The van der Waals surface area contributed by atoms with Gasteiger partial charge in [0.05, 0.1) is 19.1 Å². The number of aliphatic hydroxyl groups excluding tert-OH is 1. The summed E-state index contributed by atoms with van der Waals surface area (Å²) in [6.07, 6.45) is -1.00. The average Bonchev–Trinajstić information content (AvgIpc) is 2.76. The fourth-order valence-corrected chi connectivity index (χ4v) is 2.72. The van der Waals surface area contributed by atoms with Gasteiger partial charge in [0.15, 0.2) is 0 Å². The molecule has 13 nitrogen and oxygen atoms in total. The van der Waals surface area contributed by atoms with Crippen LogP contribution in [0.15, 0.2) is 24.3 Å². The van der Waals surface area contributed by atoms with Gasteiger partial charge in [-0.15, -0.1) is 0 Å². The van der Waals surface area contributed by atoms with E-state index in [0.717, 1.165) is 0 Å². The Kier molecular flexibility index (Phi) is 11.1. The van der Waals surface area contributed by atoms with Crippen LogP contribution in [-0.4, -0.2) is 86.6 Å². The monoisotopic (exact) mass is 486 g/mol. The van der Waals surface area contributed by atoms with Crippen LogP contribution in [0, 0.1) is 0 Å². The van der Waals surface area contributed by atoms with Crippen LogP contribution in [0.2, 0.25) is 0 Å². The number of aliphatic hydroxyl groups is 1. The minimum Gasteiger partial charge on any atom is -0.508 e. The molecule has 0 saturated heterocycles. The standard InChI is InChI=1S/C19H26N4O9S/c20-11(8-33)16(28)21-12(5-9-1-3-10(25)4-2-9)17(29)22-13(6-15(26)27)18(30)23-14(7-24)19(31)32/h1-4,11-14,24-25,33H,5-8,20H2,(H,21,28)(H,22,29)(H,23,30)(H,26,27)(H,31,32). The van der Waals surface area contributed by atoms with Crippen molar-refractivity contribution in [3.8, 4) is 5.75 Å². The zero-order valence-electron chi connectivity index (χ0n) is 17.3. The van der Waals surface area contributed by atoms with E-state index < -0.39 is 66.9 Å². The normalized spacial score (nSPS) is 14.3. The number of nitrogens with two attached hydrogens (primary N) is 1. The fraction of sp³-hybridized carbons (Fsp3) is 0.421. The molecule has 0 fully saturated rings. The molecule has 0 spiro atoms. The molecule has 4 atom stereocenters. The number of carboxylic acids is 2. The number of hydrogen-bond donors (Lipinski definition) is 9. The minimum absolute atomic E-state index is 0.0266. The Balaban J connectivity index is 3.09. The maximum atomic E-state index is 12.9. The second kappa shape index (κ2) is 13.2. The number of nitrogens with one attached hydrogen (secondary N) is 3. The van der Waals surface area contributed by atoms with Gasteiger partial charge in [-0.3, -0.25) is 19.2 Å². The van der Waals surface area contributed by atoms with Crippen molar-refractivity contribution in [2.24, 2.45) is 5.73 Å². The van der Waals surface area contributed by atoms with Crippen molar-refractivity contribution in [1.82, 2.24) is 16.0 Å². The summed E-state index contributed by atoms with van der Waals surface area (Å²) in [6.45, 7) is -0.962. The summed E-state index contributed by atoms with van der Waals surface area (Å²) >= 11 is 3.92. The number of carbonyl (C=O) groups is 5. The number of carbonyl (C=O) groups excluding carboxylic acids is 3. The predicted octanol–water partition coefficient (Wildman–Crippen LogP) is -2.80. The Labute approximate surface area is 193 Å². The molecule has 9 N–H and O–H groups in total. The van der Waals surface area contributed by atoms with Gasteiger partial charge >= 0.3 is 11.9 Å². The lowest BCUT2D eigenvalue weighted by Crippen LogP contribution is -2.58. The average molecular weight is 487 g/mol. The Bertz CT molecular complexity index is 865. The van der Waals surface area contributed by atoms with Crippen LogP contribution in [0.4, 0.5) is 0 Å². The first-order valence-electron chi connectivity index (χ1n) is 9.59. The van der Waals surface area contributed by atoms with Crippen LogP contribution in [0.1, 0.15) is 12.0 Å². The molecular formula is C19H26N4O9S. The van der Waals surface area contributed by atoms with Gasteiger partial charge in [0.2, 0.25) is 17.7 Å². The van der Waals surface area contributed by atoms with Gasteiger partial charge in [0.25, 0.3) is 0 Å². The maximum absolute atomic E-state index is 12.9. The van der Waals surface area contributed by atoms with Crippen molar-refractivity contribution in [2.75, 3.05) is 12.4 Å². The Hall–Kier alpha value is -3.36. The van der Waals surface area contributed by atoms with E-state index in [1.807, 2.05) is 5.32 Å². The number of rotatable bonds is 13. The zero-order valence-corrected chi connectivity index (χ0v) is 18.2. The number of benzene rings is 1. The van der Waals surface area contributed by atoms with Crippen molar-refractivity contribution in [3.05, 3.63) is 29.8 Å². The molecule has 1 rings (SSSR count). The second-order valence-corrected chi connectivity index (χ2v) is 7.33. The largest absolute Gasteiger partial charge is 0.508 e. The van der Waals surface area contributed by atoms with Gasteiger partial charge in [0, 0.05) is 12.2 Å². The molecule has 14 heteroatoms.